The largest absolute Gasteiger partial charge is 0.492 e. The van der Waals surface area contributed by atoms with Gasteiger partial charge in [0, 0.05) is 18.0 Å². The van der Waals surface area contributed by atoms with E-state index in [0.29, 0.717) is 22.7 Å². The van der Waals surface area contributed by atoms with Crippen molar-refractivity contribution >= 4 is 45.2 Å². The second-order valence-electron chi connectivity index (χ2n) is 8.64. The fraction of sp³-hybridized carbons (Fsp3) is 0.333. The van der Waals surface area contributed by atoms with Gasteiger partial charge in [-0.1, -0.05) is 32.9 Å². The van der Waals surface area contributed by atoms with Gasteiger partial charge in [-0.2, -0.15) is 0 Å². The smallest absolute Gasteiger partial charge is 0.272 e. The monoisotopic (exact) mass is 439 g/mol. The summed E-state index contributed by atoms with van der Waals surface area (Å²) in [6.45, 7) is 6.35. The summed E-state index contributed by atoms with van der Waals surface area (Å²) in [4.78, 5) is 24.7. The lowest BCUT2D eigenvalue weighted by Gasteiger charge is -2.23. The molecular weight excluding hydrogens is 410 g/mol. The number of benzene rings is 2. The third-order valence-corrected chi connectivity index (χ3v) is 5.68. The number of nitrogens with zero attached hydrogens (tertiary/aromatic N) is 2. The van der Waals surface area contributed by atoms with E-state index in [1.165, 1.54) is 0 Å². The number of fused-ring (bicyclic) bond motifs is 1. The number of carbonyl (C=O) groups excluding carboxylic acids is 2. The number of anilines is 1. The Morgan fingerprint density at radius 3 is 2.48 bits per heavy atom. The number of nitrogens with one attached hydrogen (secondary N) is 1. The topological polar surface area (TPSA) is 72.7 Å². The summed E-state index contributed by atoms with van der Waals surface area (Å²) >= 11 is 0. The van der Waals surface area contributed by atoms with Gasteiger partial charge in [0.2, 0.25) is 0 Å². The molecule has 0 atom stereocenters. The fourth-order valence-electron chi connectivity index (χ4n) is 3.57. The number of aromatic nitrogens is 1. The van der Waals surface area contributed by atoms with E-state index in [4.69, 9.17) is 9.10 Å². The number of para-hydroxylation sites is 1. The van der Waals surface area contributed by atoms with Crippen LogP contribution < -0.4 is 10.1 Å². The van der Waals surface area contributed by atoms with Crippen LogP contribution in [-0.2, 0) is 23.2 Å². The highest BCUT2D eigenvalue weighted by Gasteiger charge is 2.22. The highest BCUT2D eigenvalue weighted by atomic mass is 32.2. The summed E-state index contributed by atoms with van der Waals surface area (Å²) < 4.78 is 12.1. The average Bonchev–Trinajstić information content (AvgIpc) is 3.03. The second kappa shape index (κ2) is 8.67. The van der Waals surface area contributed by atoms with Crippen LogP contribution in [0.1, 0.15) is 47.2 Å². The zero-order chi connectivity index (χ0) is 22.9. The van der Waals surface area contributed by atoms with Crippen molar-refractivity contribution in [3.05, 3.63) is 53.2 Å². The lowest BCUT2D eigenvalue weighted by Crippen LogP contribution is -2.18. The standard InChI is InChI=1S/C24H29N3O3S/c1-24(2,3)17-12-18(22(30-5)19(13-17)26-31(6)7)25-23(29)20-11-15-9-8-10-16(14-28)21(15)27(20)4/h8-14H,1-7H3,(H,25,29). The Morgan fingerprint density at radius 1 is 1.19 bits per heavy atom. The van der Waals surface area contributed by atoms with Crippen LogP contribution >= 0.6 is 0 Å². The molecule has 3 aromatic rings. The third kappa shape index (κ3) is 4.56. The minimum absolute atomic E-state index is 0.130. The molecule has 1 N–H and O–H groups in total. The van der Waals surface area contributed by atoms with E-state index in [9.17, 15) is 9.59 Å². The van der Waals surface area contributed by atoms with Crippen LogP contribution in [-0.4, -0.2) is 36.4 Å². The fourth-order valence-corrected chi connectivity index (χ4v) is 4.10. The molecule has 164 valence electrons. The van der Waals surface area contributed by atoms with Crippen molar-refractivity contribution in [3.63, 3.8) is 0 Å². The molecule has 0 aliphatic heterocycles. The first-order valence-electron chi connectivity index (χ1n) is 9.93. The van der Waals surface area contributed by atoms with Gasteiger partial charge in [0.25, 0.3) is 5.91 Å². The van der Waals surface area contributed by atoms with Gasteiger partial charge in [0.05, 0.1) is 18.3 Å². The van der Waals surface area contributed by atoms with Gasteiger partial charge in [-0.05, 0) is 47.8 Å². The summed E-state index contributed by atoms with van der Waals surface area (Å²) in [6, 6.07) is 11.2. The van der Waals surface area contributed by atoms with Crippen LogP contribution in [0.5, 0.6) is 5.75 Å². The predicted octanol–water partition coefficient (Wildman–Crippen LogP) is 5.24. The van der Waals surface area contributed by atoms with E-state index < -0.39 is 0 Å². The molecule has 1 aromatic heterocycles. The van der Waals surface area contributed by atoms with Crippen LogP contribution in [0.25, 0.3) is 10.9 Å². The predicted molar refractivity (Wildman–Crippen MR) is 129 cm³/mol. The maximum atomic E-state index is 13.3. The van der Waals surface area contributed by atoms with E-state index >= 15 is 0 Å². The number of aldehydes is 1. The molecule has 3 rings (SSSR count). The van der Waals surface area contributed by atoms with Crippen molar-refractivity contribution in [3.8, 4) is 5.75 Å². The van der Waals surface area contributed by atoms with Crippen molar-refractivity contribution in [2.75, 3.05) is 24.9 Å². The molecule has 0 bridgehead atoms. The minimum Gasteiger partial charge on any atom is -0.492 e. The maximum absolute atomic E-state index is 13.3. The third-order valence-electron chi connectivity index (χ3n) is 5.12. The van der Waals surface area contributed by atoms with Gasteiger partial charge in [-0.25, -0.2) is 4.36 Å². The summed E-state index contributed by atoms with van der Waals surface area (Å²) in [5.74, 6) is 0.257. The van der Waals surface area contributed by atoms with Gasteiger partial charge >= 0.3 is 0 Å². The lowest BCUT2D eigenvalue weighted by molar-refractivity contribution is 0.101. The lowest BCUT2D eigenvalue weighted by atomic mass is 9.86. The van der Waals surface area contributed by atoms with Gasteiger partial charge in [0.1, 0.15) is 11.4 Å². The molecule has 6 nitrogen and oxygen atoms in total. The molecule has 0 aliphatic carbocycles. The van der Waals surface area contributed by atoms with Crippen molar-refractivity contribution < 1.29 is 14.3 Å². The Kier molecular flexibility index (Phi) is 6.36. The van der Waals surface area contributed by atoms with Crippen LogP contribution in [0.15, 0.2) is 40.8 Å². The van der Waals surface area contributed by atoms with Gasteiger partial charge < -0.3 is 14.6 Å². The number of carbonyl (C=O) groups is 2. The number of amides is 1. The molecule has 7 heteroatoms. The highest BCUT2D eigenvalue weighted by Crippen LogP contribution is 2.41. The molecule has 1 heterocycles. The molecule has 31 heavy (non-hydrogen) atoms. The Labute approximate surface area is 185 Å². The van der Waals surface area contributed by atoms with Crippen molar-refractivity contribution in [1.29, 1.82) is 0 Å². The van der Waals surface area contributed by atoms with Gasteiger partial charge in [-0.15, -0.1) is 10.7 Å². The van der Waals surface area contributed by atoms with E-state index in [-0.39, 0.29) is 22.0 Å². The molecule has 0 saturated heterocycles. The Balaban J connectivity index is 2.13. The summed E-state index contributed by atoms with van der Waals surface area (Å²) in [5.41, 5.74) is 3.95. The molecule has 0 spiro atoms. The first-order chi connectivity index (χ1) is 14.6. The number of rotatable bonds is 5. The molecule has 2 aromatic carbocycles. The molecule has 0 saturated carbocycles. The zero-order valence-electron chi connectivity index (χ0n) is 19.1. The summed E-state index contributed by atoms with van der Waals surface area (Å²) in [7, 11) is 3.17. The zero-order valence-corrected chi connectivity index (χ0v) is 19.9. The molecule has 0 fully saturated rings. The number of aryl methyl sites for hydroxylation is 1. The maximum Gasteiger partial charge on any atom is 0.272 e. The van der Waals surface area contributed by atoms with Gasteiger partial charge in [0.15, 0.2) is 12.0 Å². The van der Waals surface area contributed by atoms with E-state index in [2.05, 4.69) is 26.1 Å². The van der Waals surface area contributed by atoms with E-state index in [1.807, 2.05) is 36.8 Å². The van der Waals surface area contributed by atoms with Crippen LogP contribution in [0.4, 0.5) is 11.4 Å². The number of hydrogen-bond acceptors (Lipinski definition) is 4. The van der Waals surface area contributed by atoms with E-state index in [0.717, 1.165) is 28.4 Å². The molecule has 1 amide bonds. The second-order valence-corrected chi connectivity index (χ2v) is 10.4. The average molecular weight is 440 g/mol. The summed E-state index contributed by atoms with van der Waals surface area (Å²) in [6.07, 6.45) is 4.86. The molecule has 0 unspecified atom stereocenters. The van der Waals surface area contributed by atoms with Crippen LogP contribution in [0, 0.1) is 0 Å². The quantitative estimate of drug-likeness (QED) is 0.553. The number of methoxy groups -OCH3 is 1. The number of hydrogen-bond donors (Lipinski definition) is 1. The van der Waals surface area contributed by atoms with Crippen LogP contribution in [0.2, 0.25) is 0 Å². The normalized spacial score (nSPS) is 11.6. The highest BCUT2D eigenvalue weighted by molar-refractivity contribution is 7.85. The molecule has 0 radical (unpaired) electrons. The van der Waals surface area contributed by atoms with Crippen molar-refractivity contribution in [1.82, 2.24) is 4.57 Å². The van der Waals surface area contributed by atoms with Crippen molar-refractivity contribution in [2.45, 2.75) is 26.2 Å². The first-order valence-corrected chi connectivity index (χ1v) is 11.9. The van der Waals surface area contributed by atoms with Gasteiger partial charge in [-0.3, -0.25) is 9.59 Å². The minimum atomic E-state index is -0.280. The Morgan fingerprint density at radius 2 is 1.90 bits per heavy atom. The Bertz CT molecular complexity index is 1200. The SMILES string of the molecule is COc1c(N=S(C)C)cc(C(C)(C)C)cc1NC(=O)c1cc2cccc(C=O)c2n1C. The summed E-state index contributed by atoms with van der Waals surface area (Å²) in [5, 5.41) is 3.85. The Hall–Kier alpha value is -2.93. The van der Waals surface area contributed by atoms with Crippen LogP contribution in [0.3, 0.4) is 0 Å². The first kappa shape index (κ1) is 22.7. The molecule has 0 aliphatic rings. The number of ether oxygens (including phenoxy) is 1. The molecular formula is C24H29N3O3S. The van der Waals surface area contributed by atoms with Crippen molar-refractivity contribution in [2.24, 2.45) is 11.4 Å². The van der Waals surface area contributed by atoms with E-state index in [1.54, 1.807) is 30.9 Å².